The lowest BCUT2D eigenvalue weighted by Crippen LogP contribution is -2.16. The first kappa shape index (κ1) is 14.9. The fourth-order valence-electron chi connectivity index (χ4n) is 3.81. The van der Waals surface area contributed by atoms with Gasteiger partial charge in [-0.15, -0.1) is 0 Å². The molecule has 0 saturated carbocycles. The van der Waals surface area contributed by atoms with Crippen molar-refractivity contribution in [3.8, 4) is 11.4 Å². The minimum atomic E-state index is 0.272. The lowest BCUT2D eigenvalue weighted by atomic mass is 9.75. The number of allylic oxidation sites excluding steroid dienone is 2. The monoisotopic (exact) mass is 296 g/mol. The van der Waals surface area contributed by atoms with Crippen LogP contribution in [-0.4, -0.2) is 14.9 Å². The van der Waals surface area contributed by atoms with Crippen molar-refractivity contribution in [1.82, 2.24) is 9.78 Å². The molecule has 0 aliphatic heterocycles. The number of aryl methyl sites for hydroxylation is 1. The molecule has 3 heteroatoms. The second-order valence-corrected chi connectivity index (χ2v) is 6.50. The third-order valence-corrected chi connectivity index (χ3v) is 4.88. The van der Waals surface area contributed by atoms with Crippen LogP contribution >= 0.6 is 0 Å². The Morgan fingerprint density at radius 3 is 2.68 bits per heavy atom. The largest absolute Gasteiger partial charge is 0.508 e. The second kappa shape index (κ2) is 5.64. The van der Waals surface area contributed by atoms with Gasteiger partial charge in [0.15, 0.2) is 0 Å². The highest BCUT2D eigenvalue weighted by Crippen LogP contribution is 2.41. The molecule has 1 heterocycles. The van der Waals surface area contributed by atoms with E-state index in [1.54, 1.807) is 12.1 Å². The highest BCUT2D eigenvalue weighted by atomic mass is 16.3. The van der Waals surface area contributed by atoms with Crippen LogP contribution in [-0.2, 0) is 0 Å². The van der Waals surface area contributed by atoms with Crippen molar-refractivity contribution in [2.45, 2.75) is 46.5 Å². The minimum Gasteiger partial charge on any atom is -0.508 e. The van der Waals surface area contributed by atoms with Crippen molar-refractivity contribution >= 4 is 0 Å². The molecule has 0 unspecified atom stereocenters. The van der Waals surface area contributed by atoms with Gasteiger partial charge in [0, 0.05) is 23.2 Å². The Balaban J connectivity index is 2.11. The standard InChI is InChI=1S/C19H24N2O/c1-12-7-5-8-13(2)18(12)19-14(3)20-21(15(19)4)16-9-6-10-17(22)11-16/h6-7,9-11,13,18,22H,5,8H2,1-4H3/t13-,18+/m0/s1. The van der Waals surface area contributed by atoms with Crippen LogP contribution < -0.4 is 0 Å². The molecule has 2 atom stereocenters. The Morgan fingerprint density at radius 2 is 2.00 bits per heavy atom. The Kier molecular flexibility index (Phi) is 3.81. The number of rotatable bonds is 2. The van der Waals surface area contributed by atoms with E-state index >= 15 is 0 Å². The van der Waals surface area contributed by atoms with E-state index in [1.165, 1.54) is 29.7 Å². The number of phenols is 1. The Morgan fingerprint density at radius 1 is 1.23 bits per heavy atom. The summed E-state index contributed by atoms with van der Waals surface area (Å²) in [4.78, 5) is 0. The SMILES string of the molecule is CC1=CCC[C@H](C)[C@@H]1c1c(C)nn(-c2cccc(O)c2)c1C. The predicted octanol–water partition coefficient (Wildman–Crippen LogP) is 4.65. The zero-order valence-corrected chi connectivity index (χ0v) is 13.8. The van der Waals surface area contributed by atoms with E-state index in [0.717, 1.165) is 11.4 Å². The summed E-state index contributed by atoms with van der Waals surface area (Å²) in [7, 11) is 0. The van der Waals surface area contributed by atoms with Crippen LogP contribution in [0.5, 0.6) is 5.75 Å². The van der Waals surface area contributed by atoms with Crippen LogP contribution in [0.4, 0.5) is 0 Å². The molecular formula is C19H24N2O. The van der Waals surface area contributed by atoms with E-state index in [1.807, 2.05) is 16.8 Å². The van der Waals surface area contributed by atoms with Crippen molar-refractivity contribution in [3.05, 3.63) is 52.9 Å². The van der Waals surface area contributed by atoms with Gasteiger partial charge in [-0.2, -0.15) is 5.10 Å². The first-order valence-electron chi connectivity index (χ1n) is 8.01. The average molecular weight is 296 g/mol. The van der Waals surface area contributed by atoms with Gasteiger partial charge >= 0.3 is 0 Å². The molecule has 0 amide bonds. The number of aromatic hydroxyl groups is 1. The summed E-state index contributed by atoms with van der Waals surface area (Å²) in [5, 5.41) is 14.5. The first-order valence-corrected chi connectivity index (χ1v) is 8.01. The normalized spacial score (nSPS) is 21.7. The van der Waals surface area contributed by atoms with Gasteiger partial charge in [-0.25, -0.2) is 4.68 Å². The van der Waals surface area contributed by atoms with Gasteiger partial charge in [-0.3, -0.25) is 0 Å². The van der Waals surface area contributed by atoms with Crippen LogP contribution in [0.1, 0.15) is 49.6 Å². The van der Waals surface area contributed by atoms with Gasteiger partial charge in [0.25, 0.3) is 0 Å². The molecule has 1 aliphatic carbocycles. The van der Waals surface area contributed by atoms with E-state index in [-0.39, 0.29) is 5.75 Å². The number of phenolic OH excluding ortho intramolecular Hbond substituents is 1. The van der Waals surface area contributed by atoms with Crippen molar-refractivity contribution in [1.29, 1.82) is 0 Å². The summed E-state index contributed by atoms with van der Waals surface area (Å²) in [5.74, 6) is 1.37. The molecule has 0 radical (unpaired) electrons. The van der Waals surface area contributed by atoms with Crippen LogP contribution in [0.15, 0.2) is 35.9 Å². The van der Waals surface area contributed by atoms with E-state index in [0.29, 0.717) is 11.8 Å². The van der Waals surface area contributed by atoms with Gasteiger partial charge in [0.2, 0.25) is 0 Å². The molecule has 22 heavy (non-hydrogen) atoms. The summed E-state index contributed by atoms with van der Waals surface area (Å²) in [6.07, 6.45) is 4.79. The highest BCUT2D eigenvalue weighted by Gasteiger charge is 2.29. The van der Waals surface area contributed by atoms with Crippen LogP contribution in [0.3, 0.4) is 0 Å². The number of hydrogen-bond acceptors (Lipinski definition) is 2. The molecule has 1 aliphatic rings. The highest BCUT2D eigenvalue weighted by molar-refractivity contribution is 5.44. The summed E-state index contributed by atoms with van der Waals surface area (Å²) in [6.45, 7) is 8.81. The van der Waals surface area contributed by atoms with E-state index in [2.05, 4.69) is 33.8 Å². The van der Waals surface area contributed by atoms with E-state index in [4.69, 9.17) is 5.10 Å². The molecule has 3 rings (SSSR count). The molecule has 1 aromatic carbocycles. The van der Waals surface area contributed by atoms with Gasteiger partial charge in [-0.05, 0) is 51.7 Å². The zero-order chi connectivity index (χ0) is 15.9. The van der Waals surface area contributed by atoms with E-state index < -0.39 is 0 Å². The molecule has 0 saturated heterocycles. The van der Waals surface area contributed by atoms with E-state index in [9.17, 15) is 5.11 Å². The first-order chi connectivity index (χ1) is 10.5. The number of nitrogens with zero attached hydrogens (tertiary/aromatic N) is 2. The lowest BCUT2D eigenvalue weighted by Gasteiger charge is -2.29. The molecule has 0 fully saturated rings. The third kappa shape index (κ3) is 2.45. The van der Waals surface area contributed by atoms with Gasteiger partial charge < -0.3 is 5.11 Å². The Hall–Kier alpha value is -2.03. The molecule has 116 valence electrons. The van der Waals surface area contributed by atoms with Gasteiger partial charge in [0.1, 0.15) is 5.75 Å². The maximum Gasteiger partial charge on any atom is 0.117 e. The smallest absolute Gasteiger partial charge is 0.117 e. The Bertz CT molecular complexity index is 727. The second-order valence-electron chi connectivity index (χ2n) is 6.50. The molecular weight excluding hydrogens is 272 g/mol. The maximum atomic E-state index is 9.72. The molecule has 0 bridgehead atoms. The van der Waals surface area contributed by atoms with Crippen molar-refractivity contribution in [2.75, 3.05) is 0 Å². The molecule has 0 spiro atoms. The average Bonchev–Trinajstić information content (AvgIpc) is 2.75. The molecule has 2 aromatic rings. The quantitative estimate of drug-likeness (QED) is 0.819. The topological polar surface area (TPSA) is 38.0 Å². The van der Waals surface area contributed by atoms with Crippen LogP contribution in [0.25, 0.3) is 5.69 Å². The van der Waals surface area contributed by atoms with Crippen molar-refractivity contribution in [3.63, 3.8) is 0 Å². The van der Waals surface area contributed by atoms with Crippen molar-refractivity contribution in [2.24, 2.45) is 5.92 Å². The van der Waals surface area contributed by atoms with Gasteiger partial charge in [0.05, 0.1) is 11.4 Å². The fourth-order valence-corrected chi connectivity index (χ4v) is 3.81. The number of hydrogen-bond donors (Lipinski definition) is 1. The fraction of sp³-hybridized carbons (Fsp3) is 0.421. The maximum absolute atomic E-state index is 9.72. The zero-order valence-electron chi connectivity index (χ0n) is 13.8. The minimum absolute atomic E-state index is 0.272. The van der Waals surface area contributed by atoms with Crippen molar-refractivity contribution < 1.29 is 5.11 Å². The molecule has 3 nitrogen and oxygen atoms in total. The molecule has 1 N–H and O–H groups in total. The van der Waals surface area contributed by atoms with Crippen LogP contribution in [0, 0.1) is 19.8 Å². The number of aromatic nitrogens is 2. The third-order valence-electron chi connectivity index (χ3n) is 4.88. The predicted molar refractivity (Wildman–Crippen MR) is 89.6 cm³/mol. The Labute approximate surface area is 132 Å². The lowest BCUT2D eigenvalue weighted by molar-refractivity contribution is 0.447. The summed E-state index contributed by atoms with van der Waals surface area (Å²) < 4.78 is 1.96. The summed E-state index contributed by atoms with van der Waals surface area (Å²) >= 11 is 0. The number of benzene rings is 1. The summed E-state index contributed by atoms with van der Waals surface area (Å²) in [6, 6.07) is 7.29. The summed E-state index contributed by atoms with van der Waals surface area (Å²) in [5.41, 5.74) is 5.99. The van der Waals surface area contributed by atoms with Crippen LogP contribution in [0.2, 0.25) is 0 Å². The van der Waals surface area contributed by atoms with Gasteiger partial charge in [-0.1, -0.05) is 24.6 Å². The molecule has 1 aromatic heterocycles.